The molecule has 1 heterocycles. The van der Waals surface area contributed by atoms with Gasteiger partial charge in [-0.2, -0.15) is 0 Å². The molecular formula is C13H19N3OS. The number of carbonyl (C=O) groups is 1. The van der Waals surface area contributed by atoms with Crippen molar-refractivity contribution in [2.45, 2.75) is 23.8 Å². The van der Waals surface area contributed by atoms with Gasteiger partial charge in [-0.15, -0.1) is 11.8 Å². The number of amides is 1. The standard InChI is InChI=1S/C13H19N3OS/c1-15-10(3-2-6-14)9-4-5-12-11(7-9)16-13(17)8-18-12/h4-5,7,10,15H,2-3,6,8,14H2,1H3,(H,16,17). The van der Waals surface area contributed by atoms with Crippen LogP contribution in [0.15, 0.2) is 23.1 Å². The minimum absolute atomic E-state index is 0.0765. The molecule has 0 aromatic heterocycles. The van der Waals surface area contributed by atoms with Crippen LogP contribution in [0, 0.1) is 0 Å². The maximum atomic E-state index is 11.4. The maximum Gasteiger partial charge on any atom is 0.234 e. The summed E-state index contributed by atoms with van der Waals surface area (Å²) in [5.74, 6) is 0.585. The minimum atomic E-state index is 0.0765. The van der Waals surface area contributed by atoms with Crippen molar-refractivity contribution < 1.29 is 4.79 Å². The number of anilines is 1. The lowest BCUT2D eigenvalue weighted by Gasteiger charge is -2.21. The SMILES string of the molecule is CNC(CCCN)c1ccc2c(c1)NC(=O)CS2. The molecule has 0 aliphatic carbocycles. The van der Waals surface area contributed by atoms with Crippen LogP contribution < -0.4 is 16.4 Å². The molecule has 1 aliphatic heterocycles. The Morgan fingerprint density at radius 2 is 2.39 bits per heavy atom. The average molecular weight is 265 g/mol. The summed E-state index contributed by atoms with van der Waals surface area (Å²) in [6, 6.07) is 6.57. The molecule has 1 aliphatic rings. The second-order valence-electron chi connectivity index (χ2n) is 4.36. The van der Waals surface area contributed by atoms with Crippen LogP contribution in [0.3, 0.4) is 0 Å². The first-order chi connectivity index (χ1) is 8.74. The van der Waals surface area contributed by atoms with Gasteiger partial charge in [0.15, 0.2) is 0 Å². The lowest BCUT2D eigenvalue weighted by atomic mass is 10.0. The number of nitrogens with one attached hydrogen (secondary N) is 2. The van der Waals surface area contributed by atoms with Gasteiger partial charge in [0.2, 0.25) is 5.91 Å². The Morgan fingerprint density at radius 1 is 1.56 bits per heavy atom. The van der Waals surface area contributed by atoms with E-state index in [2.05, 4.69) is 28.8 Å². The second-order valence-corrected chi connectivity index (χ2v) is 5.38. The third-order valence-electron chi connectivity index (χ3n) is 3.08. The van der Waals surface area contributed by atoms with Gasteiger partial charge in [-0.1, -0.05) is 6.07 Å². The van der Waals surface area contributed by atoms with E-state index in [0.717, 1.165) is 23.4 Å². The number of hydrogen-bond acceptors (Lipinski definition) is 4. The van der Waals surface area contributed by atoms with Gasteiger partial charge in [-0.25, -0.2) is 0 Å². The highest BCUT2D eigenvalue weighted by atomic mass is 32.2. The van der Waals surface area contributed by atoms with E-state index >= 15 is 0 Å². The molecule has 0 bridgehead atoms. The fourth-order valence-corrected chi connectivity index (χ4v) is 2.91. The van der Waals surface area contributed by atoms with E-state index in [0.29, 0.717) is 18.3 Å². The summed E-state index contributed by atoms with van der Waals surface area (Å²) in [7, 11) is 1.95. The van der Waals surface area contributed by atoms with E-state index < -0.39 is 0 Å². The summed E-state index contributed by atoms with van der Waals surface area (Å²) in [5.41, 5.74) is 7.68. The molecule has 5 heteroatoms. The van der Waals surface area contributed by atoms with Crippen LogP contribution >= 0.6 is 11.8 Å². The first kappa shape index (κ1) is 13.4. The number of carbonyl (C=O) groups excluding carboxylic acids is 1. The summed E-state index contributed by atoms with van der Waals surface area (Å²) >= 11 is 1.59. The summed E-state index contributed by atoms with van der Waals surface area (Å²) in [5, 5.41) is 6.22. The number of nitrogens with two attached hydrogens (primary N) is 1. The van der Waals surface area contributed by atoms with Crippen LogP contribution in [0.1, 0.15) is 24.4 Å². The highest BCUT2D eigenvalue weighted by Crippen LogP contribution is 2.33. The zero-order chi connectivity index (χ0) is 13.0. The van der Waals surface area contributed by atoms with E-state index in [1.165, 1.54) is 5.56 Å². The summed E-state index contributed by atoms with van der Waals surface area (Å²) in [4.78, 5) is 12.5. The zero-order valence-corrected chi connectivity index (χ0v) is 11.3. The normalized spacial score (nSPS) is 16.0. The Kier molecular flexibility index (Phi) is 4.63. The van der Waals surface area contributed by atoms with Gasteiger partial charge in [0.1, 0.15) is 0 Å². The monoisotopic (exact) mass is 265 g/mol. The van der Waals surface area contributed by atoms with E-state index in [4.69, 9.17) is 5.73 Å². The first-order valence-corrected chi connectivity index (χ1v) is 7.17. The molecule has 98 valence electrons. The minimum Gasteiger partial charge on any atom is -0.330 e. The van der Waals surface area contributed by atoms with E-state index in [9.17, 15) is 4.79 Å². The molecule has 1 atom stereocenters. The van der Waals surface area contributed by atoms with Crippen LogP contribution in [0.5, 0.6) is 0 Å². The molecule has 4 N–H and O–H groups in total. The van der Waals surface area contributed by atoms with Gasteiger partial charge in [0, 0.05) is 10.9 Å². The molecule has 4 nitrogen and oxygen atoms in total. The van der Waals surface area contributed by atoms with Gasteiger partial charge in [-0.05, 0) is 44.1 Å². The van der Waals surface area contributed by atoms with Crippen molar-refractivity contribution in [3.8, 4) is 0 Å². The summed E-state index contributed by atoms with van der Waals surface area (Å²) in [6.07, 6.45) is 2.00. The van der Waals surface area contributed by atoms with E-state index in [1.54, 1.807) is 11.8 Å². The predicted molar refractivity (Wildman–Crippen MR) is 75.9 cm³/mol. The van der Waals surface area contributed by atoms with Crippen molar-refractivity contribution in [1.29, 1.82) is 0 Å². The quantitative estimate of drug-likeness (QED) is 0.758. The van der Waals surface area contributed by atoms with Crippen molar-refractivity contribution in [3.05, 3.63) is 23.8 Å². The molecule has 2 rings (SSSR count). The van der Waals surface area contributed by atoms with Crippen LogP contribution in [-0.2, 0) is 4.79 Å². The van der Waals surface area contributed by atoms with Crippen LogP contribution in [-0.4, -0.2) is 25.3 Å². The Labute approximate surface area is 112 Å². The lowest BCUT2D eigenvalue weighted by Crippen LogP contribution is -2.21. The van der Waals surface area contributed by atoms with Gasteiger partial charge in [-0.3, -0.25) is 4.79 Å². The summed E-state index contributed by atoms with van der Waals surface area (Å²) in [6.45, 7) is 0.704. The molecule has 1 aromatic carbocycles. The first-order valence-electron chi connectivity index (χ1n) is 6.18. The number of hydrogen-bond donors (Lipinski definition) is 3. The summed E-state index contributed by atoms with van der Waals surface area (Å²) < 4.78 is 0. The zero-order valence-electron chi connectivity index (χ0n) is 10.5. The maximum absolute atomic E-state index is 11.4. The van der Waals surface area contributed by atoms with E-state index in [-0.39, 0.29) is 5.91 Å². The fourth-order valence-electron chi connectivity index (χ4n) is 2.12. The predicted octanol–water partition coefficient (Wildman–Crippen LogP) is 1.73. The smallest absolute Gasteiger partial charge is 0.234 e. The van der Waals surface area contributed by atoms with Crippen LogP contribution in [0.2, 0.25) is 0 Å². The van der Waals surface area contributed by atoms with Crippen molar-refractivity contribution in [2.24, 2.45) is 5.73 Å². The van der Waals surface area contributed by atoms with Gasteiger partial charge in [0.25, 0.3) is 0 Å². The third-order valence-corrected chi connectivity index (χ3v) is 4.16. The Morgan fingerprint density at radius 3 is 3.11 bits per heavy atom. The highest BCUT2D eigenvalue weighted by molar-refractivity contribution is 8.00. The molecule has 0 saturated heterocycles. The van der Waals surface area contributed by atoms with Crippen LogP contribution in [0.25, 0.3) is 0 Å². The molecule has 0 radical (unpaired) electrons. The van der Waals surface area contributed by atoms with Crippen LogP contribution in [0.4, 0.5) is 5.69 Å². The fraction of sp³-hybridized carbons (Fsp3) is 0.462. The van der Waals surface area contributed by atoms with Crippen molar-refractivity contribution in [2.75, 3.05) is 24.7 Å². The highest BCUT2D eigenvalue weighted by Gasteiger charge is 2.17. The largest absolute Gasteiger partial charge is 0.330 e. The number of rotatable bonds is 5. The van der Waals surface area contributed by atoms with Crippen molar-refractivity contribution >= 4 is 23.4 Å². The van der Waals surface area contributed by atoms with Gasteiger partial charge in [0.05, 0.1) is 11.4 Å². The topological polar surface area (TPSA) is 67.2 Å². The molecule has 0 saturated carbocycles. The molecule has 1 aromatic rings. The Hall–Kier alpha value is -1.04. The number of thioether (sulfide) groups is 1. The van der Waals surface area contributed by atoms with Gasteiger partial charge >= 0.3 is 0 Å². The molecule has 0 fully saturated rings. The number of benzene rings is 1. The molecule has 1 unspecified atom stereocenters. The molecule has 18 heavy (non-hydrogen) atoms. The molecular weight excluding hydrogens is 246 g/mol. The molecule has 1 amide bonds. The third kappa shape index (κ3) is 3.04. The Balaban J connectivity index is 2.18. The average Bonchev–Trinajstić information content (AvgIpc) is 2.39. The second kappa shape index (κ2) is 6.22. The Bertz CT molecular complexity index is 436. The van der Waals surface area contributed by atoms with E-state index in [1.807, 2.05) is 7.05 Å². The van der Waals surface area contributed by atoms with Crippen molar-refractivity contribution in [3.63, 3.8) is 0 Å². The lowest BCUT2D eigenvalue weighted by molar-refractivity contribution is -0.113. The van der Waals surface area contributed by atoms with Crippen molar-refractivity contribution in [1.82, 2.24) is 5.32 Å². The van der Waals surface area contributed by atoms with Gasteiger partial charge < -0.3 is 16.4 Å². The number of fused-ring (bicyclic) bond motifs is 1. The molecule has 0 spiro atoms.